The third kappa shape index (κ3) is 4.58. The quantitative estimate of drug-likeness (QED) is 0.158. The van der Waals surface area contributed by atoms with Gasteiger partial charge in [-0.25, -0.2) is 8.78 Å². The summed E-state index contributed by atoms with van der Waals surface area (Å²) >= 11 is 0. The van der Waals surface area contributed by atoms with Gasteiger partial charge in [0.2, 0.25) is 0 Å². The number of halogens is 2. The molecule has 1 aliphatic rings. The minimum atomic E-state index is -1.39. The van der Waals surface area contributed by atoms with Crippen molar-refractivity contribution >= 4 is 28.8 Å². The number of carbonyl (C=O) groups is 2. The lowest BCUT2D eigenvalue weighted by molar-refractivity contribution is -0.384. The number of hydrogen-bond donors (Lipinski definition) is 1. The molecule has 11 heteroatoms. The Kier molecular flexibility index (Phi) is 6.87. The fraction of sp³-hybridized carbons (Fsp3) is 0.154. The molecule has 3 aromatic carbocycles. The first-order valence-electron chi connectivity index (χ1n) is 11.0. The van der Waals surface area contributed by atoms with E-state index in [0.717, 1.165) is 35.2 Å². The number of nitro benzene ring substituents is 1. The smallest absolute Gasteiger partial charge is 0.300 e. The molecule has 1 fully saturated rings. The van der Waals surface area contributed by atoms with E-state index in [-0.39, 0.29) is 29.2 Å². The molecule has 1 amide bonds. The second kappa shape index (κ2) is 10.1. The van der Waals surface area contributed by atoms with Crippen molar-refractivity contribution in [3.63, 3.8) is 0 Å². The molecule has 0 aliphatic carbocycles. The molecule has 37 heavy (non-hydrogen) atoms. The van der Waals surface area contributed by atoms with Crippen molar-refractivity contribution in [1.82, 2.24) is 0 Å². The highest BCUT2D eigenvalue weighted by Crippen LogP contribution is 2.45. The predicted molar refractivity (Wildman–Crippen MR) is 128 cm³/mol. The maximum absolute atomic E-state index is 14.8. The second-order valence-corrected chi connectivity index (χ2v) is 7.91. The molecule has 0 saturated carbocycles. The van der Waals surface area contributed by atoms with Crippen LogP contribution in [-0.4, -0.2) is 35.4 Å². The Morgan fingerprint density at radius 1 is 1.05 bits per heavy atom. The van der Waals surface area contributed by atoms with Crippen molar-refractivity contribution in [2.45, 2.75) is 13.0 Å². The number of rotatable bonds is 7. The first kappa shape index (κ1) is 25.3. The number of hydrogen-bond acceptors (Lipinski definition) is 7. The molecule has 0 spiro atoms. The van der Waals surface area contributed by atoms with Gasteiger partial charge in [-0.3, -0.25) is 24.6 Å². The summed E-state index contributed by atoms with van der Waals surface area (Å²) in [6, 6.07) is 10.2. The first-order chi connectivity index (χ1) is 17.7. The van der Waals surface area contributed by atoms with Crippen LogP contribution in [0, 0.1) is 21.7 Å². The minimum absolute atomic E-state index is 0.00635. The Morgan fingerprint density at radius 2 is 1.76 bits per heavy atom. The topological polar surface area (TPSA) is 119 Å². The number of non-ortho nitro benzene ring substituents is 1. The van der Waals surface area contributed by atoms with Crippen LogP contribution >= 0.6 is 0 Å². The number of benzene rings is 3. The number of ether oxygens (including phenoxy) is 2. The van der Waals surface area contributed by atoms with Crippen molar-refractivity contribution in [2.75, 3.05) is 18.6 Å². The summed E-state index contributed by atoms with van der Waals surface area (Å²) < 4.78 is 39.8. The van der Waals surface area contributed by atoms with Crippen molar-refractivity contribution < 1.29 is 37.9 Å². The summed E-state index contributed by atoms with van der Waals surface area (Å²) in [5.74, 6) is -4.23. The highest BCUT2D eigenvalue weighted by molar-refractivity contribution is 6.51. The van der Waals surface area contributed by atoms with E-state index in [0.29, 0.717) is 5.75 Å². The molecule has 9 nitrogen and oxygen atoms in total. The molecule has 4 rings (SSSR count). The fourth-order valence-electron chi connectivity index (χ4n) is 4.10. The summed E-state index contributed by atoms with van der Waals surface area (Å²) in [7, 11) is 1.42. The molecule has 0 bridgehead atoms. The third-order valence-corrected chi connectivity index (χ3v) is 5.77. The van der Waals surface area contributed by atoms with Gasteiger partial charge in [-0.2, -0.15) is 0 Å². The van der Waals surface area contributed by atoms with Crippen LogP contribution < -0.4 is 14.4 Å². The molecule has 0 radical (unpaired) electrons. The average molecular weight is 510 g/mol. The molecule has 190 valence electrons. The highest BCUT2D eigenvalue weighted by atomic mass is 19.1. The maximum atomic E-state index is 14.8. The summed E-state index contributed by atoms with van der Waals surface area (Å²) in [5.41, 5.74) is -0.951. The number of nitrogens with zero attached hydrogens (tertiary/aromatic N) is 2. The van der Waals surface area contributed by atoms with E-state index < -0.39 is 51.3 Å². The van der Waals surface area contributed by atoms with Crippen LogP contribution in [0.5, 0.6) is 11.5 Å². The van der Waals surface area contributed by atoms with Gasteiger partial charge in [0.25, 0.3) is 17.4 Å². The van der Waals surface area contributed by atoms with E-state index in [1.54, 1.807) is 6.92 Å². The number of amides is 1. The molecule has 1 heterocycles. The van der Waals surface area contributed by atoms with Gasteiger partial charge >= 0.3 is 0 Å². The summed E-state index contributed by atoms with van der Waals surface area (Å²) in [4.78, 5) is 37.5. The number of ketones is 1. The lowest BCUT2D eigenvalue weighted by Gasteiger charge is -2.26. The Labute approximate surface area is 209 Å². The molecule has 1 unspecified atom stereocenters. The molecule has 1 aliphatic heterocycles. The van der Waals surface area contributed by atoms with Gasteiger partial charge in [-0.1, -0.05) is 6.07 Å². The number of aliphatic hydroxyl groups is 1. The van der Waals surface area contributed by atoms with Crippen molar-refractivity contribution in [2.24, 2.45) is 0 Å². The number of methoxy groups -OCH3 is 1. The molecular formula is C26H20F2N2O7. The van der Waals surface area contributed by atoms with Gasteiger partial charge in [0, 0.05) is 23.8 Å². The van der Waals surface area contributed by atoms with Crippen LogP contribution in [0.1, 0.15) is 24.1 Å². The summed E-state index contributed by atoms with van der Waals surface area (Å²) in [6.07, 6.45) is 0. The Bertz CT molecular complexity index is 1440. The van der Waals surface area contributed by atoms with Crippen molar-refractivity contribution in [3.8, 4) is 11.5 Å². The second-order valence-electron chi connectivity index (χ2n) is 7.91. The lowest BCUT2D eigenvalue weighted by Crippen LogP contribution is -2.30. The van der Waals surface area contributed by atoms with Crippen molar-refractivity contribution in [3.05, 3.63) is 99.1 Å². The summed E-state index contributed by atoms with van der Waals surface area (Å²) in [6.45, 7) is 1.98. The van der Waals surface area contributed by atoms with Gasteiger partial charge in [0.1, 0.15) is 17.4 Å². The van der Waals surface area contributed by atoms with E-state index in [2.05, 4.69) is 0 Å². The van der Waals surface area contributed by atoms with Gasteiger partial charge in [-0.05, 0) is 48.9 Å². The Balaban J connectivity index is 1.98. The van der Waals surface area contributed by atoms with Gasteiger partial charge in [0.15, 0.2) is 11.5 Å². The van der Waals surface area contributed by atoms with Crippen LogP contribution in [-0.2, 0) is 9.59 Å². The molecule has 1 N–H and O–H groups in total. The molecule has 3 aromatic rings. The Morgan fingerprint density at radius 3 is 2.38 bits per heavy atom. The monoisotopic (exact) mass is 510 g/mol. The maximum Gasteiger partial charge on any atom is 0.300 e. The standard InChI is InChI=1S/C26H20F2N2O7/c1-3-37-21-12-15(6-11-20(21)36-2)23-22(24(31)14-4-8-17(9-5-14)30(34)35)25(32)26(33)29(23)19-13-16(27)7-10-18(19)28/h4-13,23,31H,3H2,1-2H3/b24-22+. The average Bonchev–Trinajstić information content (AvgIpc) is 3.15. The minimum Gasteiger partial charge on any atom is -0.507 e. The lowest BCUT2D eigenvalue weighted by atomic mass is 9.94. The van der Waals surface area contributed by atoms with Crippen LogP contribution in [0.15, 0.2) is 66.2 Å². The normalized spacial score (nSPS) is 16.6. The fourth-order valence-corrected chi connectivity index (χ4v) is 4.10. The highest BCUT2D eigenvalue weighted by Gasteiger charge is 2.48. The number of aliphatic hydroxyl groups excluding tert-OH is 1. The van der Waals surface area contributed by atoms with Crippen LogP contribution in [0.4, 0.5) is 20.2 Å². The van der Waals surface area contributed by atoms with Crippen LogP contribution in [0.2, 0.25) is 0 Å². The number of carbonyl (C=O) groups excluding carboxylic acids is 2. The van der Waals surface area contributed by atoms with Crippen molar-refractivity contribution in [1.29, 1.82) is 0 Å². The predicted octanol–water partition coefficient (Wildman–Crippen LogP) is 4.91. The van der Waals surface area contributed by atoms with Crippen LogP contribution in [0.3, 0.4) is 0 Å². The van der Waals surface area contributed by atoms with Crippen LogP contribution in [0.25, 0.3) is 5.76 Å². The number of nitro groups is 1. The van der Waals surface area contributed by atoms with E-state index >= 15 is 0 Å². The zero-order valence-corrected chi connectivity index (χ0v) is 19.6. The molecular weight excluding hydrogens is 490 g/mol. The first-order valence-corrected chi connectivity index (χ1v) is 11.0. The largest absolute Gasteiger partial charge is 0.507 e. The molecule has 1 saturated heterocycles. The Hall–Kier alpha value is -4.80. The summed E-state index contributed by atoms with van der Waals surface area (Å²) in [5, 5.41) is 22.1. The van der Waals surface area contributed by atoms with E-state index in [1.165, 1.54) is 37.4 Å². The zero-order chi connectivity index (χ0) is 26.9. The molecule has 0 aromatic heterocycles. The van der Waals surface area contributed by atoms with Gasteiger partial charge in [-0.15, -0.1) is 0 Å². The molecule has 1 atom stereocenters. The van der Waals surface area contributed by atoms with Gasteiger partial charge in [0.05, 0.1) is 35.9 Å². The van der Waals surface area contributed by atoms with Gasteiger partial charge < -0.3 is 14.6 Å². The number of Topliss-reactive ketones (excluding diaryl/α,β-unsaturated/α-hetero) is 1. The van der Waals surface area contributed by atoms with E-state index in [9.17, 15) is 33.6 Å². The van der Waals surface area contributed by atoms with E-state index in [1.807, 2.05) is 0 Å². The zero-order valence-electron chi connectivity index (χ0n) is 19.6. The van der Waals surface area contributed by atoms with E-state index in [4.69, 9.17) is 9.47 Å². The third-order valence-electron chi connectivity index (χ3n) is 5.77. The SMILES string of the molecule is CCOc1cc(C2/C(=C(\O)c3ccc([N+](=O)[O-])cc3)C(=O)C(=O)N2c2cc(F)ccc2F)ccc1OC. The number of anilines is 1.